The molecule has 0 spiro atoms. The largest absolute Gasteiger partial charge is 0.398 e. The molecule has 0 atom stereocenters. The highest BCUT2D eigenvalue weighted by molar-refractivity contribution is 9.10. The molecule has 0 amide bonds. The molecule has 3 aromatic rings. The van der Waals surface area contributed by atoms with Gasteiger partial charge in [-0.1, -0.05) is 37.9 Å². The van der Waals surface area contributed by atoms with Crippen LogP contribution in [0.1, 0.15) is 21.5 Å². The van der Waals surface area contributed by atoms with Crippen molar-refractivity contribution in [1.29, 1.82) is 0 Å². The van der Waals surface area contributed by atoms with Crippen LogP contribution >= 0.6 is 31.9 Å². The first-order valence-corrected chi connectivity index (χ1v) is 7.93. The maximum absolute atomic E-state index is 12.8. The van der Waals surface area contributed by atoms with Crippen molar-refractivity contribution >= 4 is 54.2 Å². The highest BCUT2D eigenvalue weighted by Gasteiger charge is 2.18. The number of hydrogen-bond donors (Lipinski definition) is 2. The summed E-state index contributed by atoms with van der Waals surface area (Å²) in [5.41, 5.74) is 9.55. The van der Waals surface area contributed by atoms with Crippen LogP contribution in [-0.2, 0) is 0 Å². The number of hydrogen-bond acceptors (Lipinski definition) is 2. The Morgan fingerprint density at radius 1 is 1.10 bits per heavy atom. The molecular weight excluding hydrogens is 396 g/mol. The van der Waals surface area contributed by atoms with E-state index in [4.69, 9.17) is 5.73 Å². The highest BCUT2D eigenvalue weighted by Crippen LogP contribution is 2.28. The van der Waals surface area contributed by atoms with Crippen LogP contribution < -0.4 is 5.73 Å². The molecule has 3 rings (SSSR count). The number of nitrogen functional groups attached to an aromatic ring is 1. The van der Waals surface area contributed by atoms with Crippen LogP contribution in [0.15, 0.2) is 45.5 Å². The van der Waals surface area contributed by atoms with Crippen molar-refractivity contribution in [1.82, 2.24) is 4.98 Å². The summed E-state index contributed by atoms with van der Waals surface area (Å²) in [6, 6.07) is 9.42. The molecule has 21 heavy (non-hydrogen) atoms. The molecule has 0 saturated carbocycles. The van der Waals surface area contributed by atoms with E-state index in [1.807, 2.05) is 31.2 Å². The first-order chi connectivity index (χ1) is 9.97. The molecule has 0 fully saturated rings. The summed E-state index contributed by atoms with van der Waals surface area (Å²) in [7, 11) is 0. The summed E-state index contributed by atoms with van der Waals surface area (Å²) in [6.45, 7) is 1.86. The maximum Gasteiger partial charge on any atom is 0.195 e. The van der Waals surface area contributed by atoms with Crippen LogP contribution in [-0.4, -0.2) is 10.8 Å². The van der Waals surface area contributed by atoms with Gasteiger partial charge in [0, 0.05) is 42.9 Å². The molecule has 0 bridgehead atoms. The number of rotatable bonds is 2. The number of ketones is 1. The third kappa shape index (κ3) is 2.51. The van der Waals surface area contributed by atoms with E-state index in [1.54, 1.807) is 12.3 Å². The van der Waals surface area contributed by atoms with Gasteiger partial charge in [0.05, 0.1) is 0 Å². The van der Waals surface area contributed by atoms with E-state index in [0.29, 0.717) is 16.8 Å². The van der Waals surface area contributed by atoms with Crippen molar-refractivity contribution in [2.24, 2.45) is 0 Å². The molecule has 0 aliphatic rings. The van der Waals surface area contributed by atoms with Gasteiger partial charge in [0.25, 0.3) is 0 Å². The van der Waals surface area contributed by atoms with Gasteiger partial charge in [-0.2, -0.15) is 0 Å². The van der Waals surface area contributed by atoms with Crippen molar-refractivity contribution in [3.63, 3.8) is 0 Å². The van der Waals surface area contributed by atoms with Gasteiger partial charge in [0.2, 0.25) is 0 Å². The van der Waals surface area contributed by atoms with Gasteiger partial charge in [-0.05, 0) is 36.8 Å². The third-order valence-electron chi connectivity index (χ3n) is 3.55. The minimum atomic E-state index is -0.0333. The van der Waals surface area contributed by atoms with Crippen LogP contribution in [0.25, 0.3) is 10.9 Å². The highest BCUT2D eigenvalue weighted by atomic mass is 79.9. The molecule has 3 nitrogen and oxygen atoms in total. The van der Waals surface area contributed by atoms with Crippen molar-refractivity contribution in [2.75, 3.05) is 5.73 Å². The minimum Gasteiger partial charge on any atom is -0.398 e. The lowest BCUT2D eigenvalue weighted by molar-refractivity contribution is 0.103. The van der Waals surface area contributed by atoms with E-state index in [1.165, 1.54) is 0 Å². The third-order valence-corrected chi connectivity index (χ3v) is 4.50. The monoisotopic (exact) mass is 406 g/mol. The molecule has 5 heteroatoms. The number of aromatic amines is 1. The quantitative estimate of drug-likeness (QED) is 0.472. The Morgan fingerprint density at radius 3 is 2.62 bits per heavy atom. The lowest BCUT2D eigenvalue weighted by Crippen LogP contribution is -2.05. The SMILES string of the molecule is Cc1c(N)cc(Br)cc1C(=O)c1c[nH]c2cc(Br)ccc12. The zero-order valence-electron chi connectivity index (χ0n) is 11.2. The van der Waals surface area contributed by atoms with Gasteiger partial charge < -0.3 is 10.7 Å². The van der Waals surface area contributed by atoms with Crippen LogP contribution in [0.3, 0.4) is 0 Å². The fourth-order valence-corrected chi connectivity index (χ4v) is 3.20. The van der Waals surface area contributed by atoms with E-state index < -0.39 is 0 Å². The smallest absolute Gasteiger partial charge is 0.195 e. The summed E-state index contributed by atoms with van der Waals surface area (Å²) in [5.74, 6) is -0.0333. The Kier molecular flexibility index (Phi) is 3.63. The average molecular weight is 408 g/mol. The summed E-state index contributed by atoms with van der Waals surface area (Å²) in [5, 5.41) is 0.904. The number of benzene rings is 2. The number of nitrogens with one attached hydrogen (secondary N) is 1. The number of nitrogens with two attached hydrogens (primary N) is 1. The molecule has 1 aromatic heterocycles. The fourth-order valence-electron chi connectivity index (χ4n) is 2.37. The van der Waals surface area contributed by atoms with E-state index in [0.717, 1.165) is 25.4 Å². The Labute approximate surface area is 138 Å². The van der Waals surface area contributed by atoms with E-state index in [2.05, 4.69) is 36.8 Å². The van der Waals surface area contributed by atoms with Crippen LogP contribution in [0.2, 0.25) is 0 Å². The Balaban J connectivity index is 2.17. The number of halogens is 2. The topological polar surface area (TPSA) is 58.9 Å². The molecule has 0 aliphatic carbocycles. The van der Waals surface area contributed by atoms with Gasteiger partial charge in [-0.3, -0.25) is 4.79 Å². The lowest BCUT2D eigenvalue weighted by atomic mass is 9.98. The number of H-pyrrole nitrogens is 1. The average Bonchev–Trinajstić information content (AvgIpc) is 2.84. The first kappa shape index (κ1) is 14.4. The summed E-state index contributed by atoms with van der Waals surface area (Å²) < 4.78 is 1.77. The number of anilines is 1. The van der Waals surface area contributed by atoms with Gasteiger partial charge in [0.1, 0.15) is 0 Å². The van der Waals surface area contributed by atoms with Crippen LogP contribution in [0.4, 0.5) is 5.69 Å². The number of fused-ring (bicyclic) bond motifs is 1. The number of aromatic nitrogens is 1. The molecule has 0 aliphatic heterocycles. The molecule has 0 unspecified atom stereocenters. The molecule has 0 radical (unpaired) electrons. The van der Waals surface area contributed by atoms with E-state index in [-0.39, 0.29) is 5.78 Å². The van der Waals surface area contributed by atoms with Crippen molar-refractivity contribution < 1.29 is 4.79 Å². The van der Waals surface area contributed by atoms with Crippen LogP contribution in [0.5, 0.6) is 0 Å². The van der Waals surface area contributed by atoms with Gasteiger partial charge in [-0.25, -0.2) is 0 Å². The van der Waals surface area contributed by atoms with Gasteiger partial charge in [-0.15, -0.1) is 0 Å². The van der Waals surface area contributed by atoms with E-state index in [9.17, 15) is 4.79 Å². The standard InChI is InChI=1S/C16H12Br2N2O/c1-8-12(4-10(18)5-14(8)19)16(21)13-7-20-15-6-9(17)2-3-11(13)15/h2-7,20H,19H2,1H3. The lowest BCUT2D eigenvalue weighted by Gasteiger charge is -2.08. The molecule has 106 valence electrons. The zero-order chi connectivity index (χ0) is 15.1. The van der Waals surface area contributed by atoms with Gasteiger partial charge in [0.15, 0.2) is 5.78 Å². The molecular formula is C16H12Br2N2O. The fraction of sp³-hybridized carbons (Fsp3) is 0.0625. The normalized spacial score (nSPS) is 11.0. The minimum absolute atomic E-state index is 0.0333. The second-order valence-electron chi connectivity index (χ2n) is 4.89. The summed E-state index contributed by atoms with van der Waals surface area (Å²) in [6.07, 6.45) is 1.75. The van der Waals surface area contributed by atoms with E-state index >= 15 is 0 Å². The number of carbonyl (C=O) groups is 1. The van der Waals surface area contributed by atoms with Crippen molar-refractivity contribution in [2.45, 2.75) is 6.92 Å². The maximum atomic E-state index is 12.8. The van der Waals surface area contributed by atoms with Gasteiger partial charge >= 0.3 is 0 Å². The number of carbonyl (C=O) groups excluding carboxylic acids is 1. The van der Waals surface area contributed by atoms with Crippen LogP contribution in [0, 0.1) is 6.92 Å². The zero-order valence-corrected chi connectivity index (χ0v) is 14.4. The molecule has 2 aromatic carbocycles. The predicted molar refractivity (Wildman–Crippen MR) is 92.7 cm³/mol. The predicted octanol–water partition coefficient (Wildman–Crippen LogP) is 4.81. The Bertz CT molecular complexity index is 868. The first-order valence-electron chi connectivity index (χ1n) is 6.34. The Morgan fingerprint density at radius 2 is 1.86 bits per heavy atom. The second-order valence-corrected chi connectivity index (χ2v) is 6.72. The van der Waals surface area contributed by atoms with Crippen molar-refractivity contribution in [3.8, 4) is 0 Å². The molecule has 3 N–H and O–H groups in total. The summed E-state index contributed by atoms with van der Waals surface area (Å²) in [4.78, 5) is 16.0. The summed E-state index contributed by atoms with van der Waals surface area (Å²) >= 11 is 6.82. The Hall–Kier alpha value is -1.59. The van der Waals surface area contributed by atoms with Crippen molar-refractivity contribution in [3.05, 3.63) is 62.2 Å². The molecule has 1 heterocycles. The molecule has 0 saturated heterocycles. The second kappa shape index (κ2) is 5.31.